The number of nitrogens with one attached hydrogen (secondary N) is 1. The van der Waals surface area contributed by atoms with Crippen molar-refractivity contribution in [2.24, 2.45) is 0 Å². The number of aliphatic hydroxyl groups is 1. The minimum absolute atomic E-state index is 0.0665. The number of aromatic amines is 1. The maximum atomic E-state index is 12.0. The highest BCUT2D eigenvalue weighted by molar-refractivity contribution is 5.83. The van der Waals surface area contributed by atoms with Crippen molar-refractivity contribution in [1.82, 2.24) is 4.98 Å². The van der Waals surface area contributed by atoms with Crippen LogP contribution in [0.4, 0.5) is 5.82 Å². The third-order valence-electron chi connectivity index (χ3n) is 3.48. The molecule has 0 aliphatic carbocycles. The summed E-state index contributed by atoms with van der Waals surface area (Å²) in [5, 5.41) is 11.3. The lowest BCUT2D eigenvalue weighted by atomic mass is 10.1. The molecular formula is C14H16N2O2. The van der Waals surface area contributed by atoms with Crippen LogP contribution in [0.5, 0.6) is 0 Å². The molecule has 1 saturated heterocycles. The van der Waals surface area contributed by atoms with Gasteiger partial charge >= 0.3 is 0 Å². The molecule has 94 valence electrons. The summed E-state index contributed by atoms with van der Waals surface area (Å²) in [6.45, 7) is 1.47. The van der Waals surface area contributed by atoms with Crippen molar-refractivity contribution in [2.45, 2.75) is 18.9 Å². The molecule has 2 heterocycles. The first-order valence-corrected chi connectivity index (χ1v) is 6.29. The SMILES string of the molecule is O=c1[nH]c(N2CCC[C@H](O)C2)cc2ccccc12. The molecule has 3 rings (SSSR count). The number of nitrogens with zero attached hydrogens (tertiary/aromatic N) is 1. The number of benzene rings is 1. The Morgan fingerprint density at radius 3 is 3.00 bits per heavy atom. The number of β-amino-alcohol motifs (C(OH)–C–C–N with tert-alkyl or cyclic N) is 1. The number of piperidine rings is 1. The van der Waals surface area contributed by atoms with Crippen molar-refractivity contribution in [3.63, 3.8) is 0 Å². The largest absolute Gasteiger partial charge is 0.391 e. The Hall–Kier alpha value is -1.81. The summed E-state index contributed by atoms with van der Waals surface area (Å²) >= 11 is 0. The second-order valence-electron chi connectivity index (χ2n) is 4.81. The van der Waals surface area contributed by atoms with Crippen molar-refractivity contribution in [2.75, 3.05) is 18.0 Å². The Morgan fingerprint density at radius 2 is 2.17 bits per heavy atom. The number of hydrogen-bond acceptors (Lipinski definition) is 3. The van der Waals surface area contributed by atoms with E-state index in [-0.39, 0.29) is 11.7 Å². The molecule has 1 aliphatic heterocycles. The molecule has 0 spiro atoms. The first kappa shape index (κ1) is 11.3. The van der Waals surface area contributed by atoms with Gasteiger partial charge in [0.2, 0.25) is 0 Å². The van der Waals surface area contributed by atoms with Gasteiger partial charge in [-0.05, 0) is 30.4 Å². The number of aromatic nitrogens is 1. The molecule has 4 heteroatoms. The Labute approximate surface area is 105 Å². The number of fused-ring (bicyclic) bond motifs is 1. The number of pyridine rings is 1. The lowest BCUT2D eigenvalue weighted by molar-refractivity contribution is 0.154. The van der Waals surface area contributed by atoms with Gasteiger partial charge in [0.15, 0.2) is 0 Å². The minimum Gasteiger partial charge on any atom is -0.391 e. The van der Waals surface area contributed by atoms with Crippen molar-refractivity contribution in [3.05, 3.63) is 40.7 Å². The summed E-state index contributed by atoms with van der Waals surface area (Å²) in [6, 6.07) is 9.53. The van der Waals surface area contributed by atoms with Crippen molar-refractivity contribution in [3.8, 4) is 0 Å². The molecule has 1 aromatic heterocycles. The fraction of sp³-hybridized carbons (Fsp3) is 0.357. The van der Waals surface area contributed by atoms with Gasteiger partial charge in [-0.1, -0.05) is 18.2 Å². The van der Waals surface area contributed by atoms with E-state index in [2.05, 4.69) is 4.98 Å². The van der Waals surface area contributed by atoms with E-state index in [4.69, 9.17) is 0 Å². The normalized spacial score (nSPS) is 20.3. The Kier molecular flexibility index (Phi) is 2.80. The average molecular weight is 244 g/mol. The summed E-state index contributed by atoms with van der Waals surface area (Å²) in [5.41, 5.74) is -0.0665. The number of hydrogen-bond donors (Lipinski definition) is 2. The predicted octanol–water partition coefficient (Wildman–Crippen LogP) is 1.49. The first-order valence-electron chi connectivity index (χ1n) is 6.29. The molecule has 0 bridgehead atoms. The fourth-order valence-electron chi connectivity index (χ4n) is 2.54. The molecule has 1 fully saturated rings. The first-order chi connectivity index (χ1) is 8.74. The fourth-order valence-corrected chi connectivity index (χ4v) is 2.54. The van der Waals surface area contributed by atoms with E-state index >= 15 is 0 Å². The van der Waals surface area contributed by atoms with Crippen LogP contribution >= 0.6 is 0 Å². The molecule has 4 nitrogen and oxygen atoms in total. The maximum absolute atomic E-state index is 12.0. The molecule has 1 atom stereocenters. The number of H-pyrrole nitrogens is 1. The highest BCUT2D eigenvalue weighted by Gasteiger charge is 2.18. The third kappa shape index (κ3) is 1.99. The highest BCUT2D eigenvalue weighted by atomic mass is 16.3. The van der Waals surface area contributed by atoms with E-state index in [1.807, 2.05) is 35.2 Å². The zero-order chi connectivity index (χ0) is 12.5. The number of anilines is 1. The van der Waals surface area contributed by atoms with E-state index < -0.39 is 0 Å². The van der Waals surface area contributed by atoms with Gasteiger partial charge in [0.25, 0.3) is 5.56 Å². The lowest BCUT2D eigenvalue weighted by Gasteiger charge is -2.31. The molecule has 0 amide bonds. The van der Waals surface area contributed by atoms with Crippen LogP contribution in [-0.2, 0) is 0 Å². The van der Waals surface area contributed by atoms with Crippen molar-refractivity contribution < 1.29 is 5.11 Å². The van der Waals surface area contributed by atoms with E-state index in [0.717, 1.165) is 30.6 Å². The van der Waals surface area contributed by atoms with Crippen LogP contribution in [0.3, 0.4) is 0 Å². The van der Waals surface area contributed by atoms with Gasteiger partial charge in [-0.15, -0.1) is 0 Å². The van der Waals surface area contributed by atoms with Crippen molar-refractivity contribution in [1.29, 1.82) is 0 Å². The van der Waals surface area contributed by atoms with Crippen LogP contribution in [-0.4, -0.2) is 29.3 Å². The van der Waals surface area contributed by atoms with E-state index in [1.54, 1.807) is 0 Å². The Bertz CT molecular complexity index is 620. The van der Waals surface area contributed by atoms with Gasteiger partial charge in [0, 0.05) is 18.5 Å². The molecule has 0 saturated carbocycles. The molecule has 0 radical (unpaired) electrons. The summed E-state index contributed by atoms with van der Waals surface area (Å²) < 4.78 is 0. The van der Waals surface area contributed by atoms with E-state index in [0.29, 0.717) is 11.9 Å². The van der Waals surface area contributed by atoms with E-state index in [1.165, 1.54) is 0 Å². The molecule has 1 aromatic carbocycles. The van der Waals surface area contributed by atoms with Gasteiger partial charge in [-0.25, -0.2) is 0 Å². The van der Waals surface area contributed by atoms with E-state index in [9.17, 15) is 9.90 Å². The molecular weight excluding hydrogens is 228 g/mol. The van der Waals surface area contributed by atoms with Crippen LogP contribution in [0, 0.1) is 0 Å². The standard InChI is InChI=1S/C14H16N2O2/c17-11-5-3-7-16(9-11)13-8-10-4-1-2-6-12(10)14(18)15-13/h1-2,4,6,8,11,17H,3,5,7,9H2,(H,15,18)/t11-/m0/s1. The van der Waals surface area contributed by atoms with Gasteiger partial charge in [-0.2, -0.15) is 0 Å². The minimum atomic E-state index is -0.297. The van der Waals surface area contributed by atoms with Gasteiger partial charge in [-0.3, -0.25) is 4.79 Å². The molecule has 2 aromatic rings. The summed E-state index contributed by atoms with van der Waals surface area (Å²) in [5.74, 6) is 0.803. The van der Waals surface area contributed by atoms with Crippen molar-refractivity contribution >= 4 is 16.6 Å². The van der Waals surface area contributed by atoms with Crippen LogP contribution in [0.15, 0.2) is 35.1 Å². The molecule has 1 aliphatic rings. The van der Waals surface area contributed by atoms with Crippen LogP contribution < -0.4 is 10.5 Å². The van der Waals surface area contributed by atoms with Crippen LogP contribution in [0.1, 0.15) is 12.8 Å². The molecule has 18 heavy (non-hydrogen) atoms. The monoisotopic (exact) mass is 244 g/mol. The van der Waals surface area contributed by atoms with Crippen LogP contribution in [0.25, 0.3) is 10.8 Å². The zero-order valence-corrected chi connectivity index (χ0v) is 10.1. The Balaban J connectivity index is 2.04. The predicted molar refractivity (Wildman–Crippen MR) is 72.0 cm³/mol. The van der Waals surface area contributed by atoms with Gasteiger partial charge < -0.3 is 15.0 Å². The lowest BCUT2D eigenvalue weighted by Crippen LogP contribution is -2.39. The number of rotatable bonds is 1. The second-order valence-corrected chi connectivity index (χ2v) is 4.81. The average Bonchev–Trinajstić information content (AvgIpc) is 2.39. The zero-order valence-electron chi connectivity index (χ0n) is 10.1. The summed E-state index contributed by atoms with van der Waals surface area (Å²) in [6.07, 6.45) is 1.50. The van der Waals surface area contributed by atoms with Crippen LogP contribution in [0.2, 0.25) is 0 Å². The third-order valence-corrected chi connectivity index (χ3v) is 3.48. The summed E-state index contributed by atoms with van der Waals surface area (Å²) in [7, 11) is 0. The summed E-state index contributed by atoms with van der Waals surface area (Å²) in [4.78, 5) is 16.9. The second kappa shape index (κ2) is 4.46. The molecule has 2 N–H and O–H groups in total. The smallest absolute Gasteiger partial charge is 0.257 e. The van der Waals surface area contributed by atoms with Gasteiger partial charge in [0.05, 0.1) is 6.10 Å². The highest BCUT2D eigenvalue weighted by Crippen LogP contribution is 2.20. The quantitative estimate of drug-likeness (QED) is 0.799. The topological polar surface area (TPSA) is 56.3 Å². The molecule has 0 unspecified atom stereocenters. The van der Waals surface area contributed by atoms with Gasteiger partial charge in [0.1, 0.15) is 5.82 Å². The Morgan fingerprint density at radius 1 is 1.33 bits per heavy atom. The maximum Gasteiger partial charge on any atom is 0.257 e. The number of aliphatic hydroxyl groups excluding tert-OH is 1.